The van der Waals surface area contributed by atoms with Crippen molar-refractivity contribution in [1.29, 1.82) is 0 Å². The van der Waals surface area contributed by atoms with Crippen LogP contribution in [0.25, 0.3) is 0 Å². The monoisotopic (exact) mass is 310 g/mol. The average Bonchev–Trinajstić information content (AvgIpc) is 3.00. The van der Waals surface area contributed by atoms with E-state index in [1.165, 1.54) is 31.2 Å². The number of rotatable bonds is 5. The molecule has 23 heavy (non-hydrogen) atoms. The molecule has 1 aliphatic carbocycles. The Morgan fingerprint density at radius 2 is 1.74 bits per heavy atom. The van der Waals surface area contributed by atoms with Crippen LogP contribution in [0.3, 0.4) is 0 Å². The summed E-state index contributed by atoms with van der Waals surface area (Å²) in [6, 6.07) is 11.1. The molecule has 0 radical (unpaired) electrons. The molecule has 1 aromatic carbocycles. The predicted molar refractivity (Wildman–Crippen MR) is 96.5 cm³/mol. The van der Waals surface area contributed by atoms with Crippen LogP contribution in [0.2, 0.25) is 0 Å². The number of nitrogens with zero attached hydrogens (tertiary/aromatic N) is 2. The van der Waals surface area contributed by atoms with Crippen LogP contribution in [-0.2, 0) is 0 Å². The summed E-state index contributed by atoms with van der Waals surface area (Å²) in [7, 11) is 0. The van der Waals surface area contributed by atoms with Gasteiger partial charge in [0.2, 0.25) is 5.95 Å². The van der Waals surface area contributed by atoms with E-state index in [0.29, 0.717) is 17.9 Å². The molecular formula is C19H26N4. The van der Waals surface area contributed by atoms with Gasteiger partial charge in [-0.3, -0.25) is 0 Å². The molecule has 0 bridgehead atoms. The van der Waals surface area contributed by atoms with E-state index in [2.05, 4.69) is 58.7 Å². The third-order valence-corrected chi connectivity index (χ3v) is 4.39. The van der Waals surface area contributed by atoms with Gasteiger partial charge < -0.3 is 10.6 Å². The fourth-order valence-corrected chi connectivity index (χ4v) is 3.06. The summed E-state index contributed by atoms with van der Waals surface area (Å²) in [4.78, 5) is 9.12. The maximum Gasteiger partial charge on any atom is 0.229 e. The predicted octanol–water partition coefficient (Wildman–Crippen LogP) is 5.01. The summed E-state index contributed by atoms with van der Waals surface area (Å²) in [5, 5.41) is 6.85. The molecule has 2 N–H and O–H groups in total. The molecule has 0 aliphatic heterocycles. The molecule has 122 valence electrons. The number of aromatic nitrogens is 2. The van der Waals surface area contributed by atoms with Crippen LogP contribution in [0.4, 0.5) is 17.5 Å². The van der Waals surface area contributed by atoms with Crippen LogP contribution < -0.4 is 10.6 Å². The lowest BCUT2D eigenvalue weighted by atomic mass is 10.0. The van der Waals surface area contributed by atoms with E-state index in [1.807, 2.05) is 13.0 Å². The second kappa shape index (κ2) is 6.99. The lowest BCUT2D eigenvalue weighted by molar-refractivity contribution is 0.749. The molecule has 1 fully saturated rings. The summed E-state index contributed by atoms with van der Waals surface area (Å²) in [5.41, 5.74) is 3.33. The largest absolute Gasteiger partial charge is 0.367 e. The Bertz CT molecular complexity index is 643. The van der Waals surface area contributed by atoms with Gasteiger partial charge in [0, 0.05) is 23.5 Å². The first-order valence-corrected chi connectivity index (χ1v) is 8.59. The zero-order chi connectivity index (χ0) is 16.2. The molecule has 2 aromatic rings. The minimum atomic E-state index is 0.543. The summed E-state index contributed by atoms with van der Waals surface area (Å²) in [6.07, 6.45) is 5.11. The molecule has 0 atom stereocenters. The van der Waals surface area contributed by atoms with Crippen LogP contribution in [0, 0.1) is 6.92 Å². The van der Waals surface area contributed by atoms with Gasteiger partial charge in [-0.1, -0.05) is 38.8 Å². The number of anilines is 3. The van der Waals surface area contributed by atoms with Gasteiger partial charge in [0.15, 0.2) is 0 Å². The first-order valence-electron chi connectivity index (χ1n) is 8.59. The molecule has 1 aliphatic rings. The minimum absolute atomic E-state index is 0.543. The van der Waals surface area contributed by atoms with Crippen LogP contribution in [0.5, 0.6) is 0 Å². The molecule has 0 saturated heterocycles. The van der Waals surface area contributed by atoms with E-state index in [9.17, 15) is 0 Å². The van der Waals surface area contributed by atoms with Gasteiger partial charge >= 0.3 is 0 Å². The Morgan fingerprint density at radius 3 is 2.39 bits per heavy atom. The van der Waals surface area contributed by atoms with Crippen LogP contribution in [0.1, 0.15) is 56.7 Å². The highest BCUT2D eigenvalue weighted by atomic mass is 15.1. The number of hydrogen-bond donors (Lipinski definition) is 2. The van der Waals surface area contributed by atoms with Crippen molar-refractivity contribution in [3.8, 4) is 0 Å². The van der Waals surface area contributed by atoms with E-state index in [-0.39, 0.29) is 0 Å². The first-order chi connectivity index (χ1) is 11.1. The molecule has 0 unspecified atom stereocenters. The Balaban J connectivity index is 1.72. The van der Waals surface area contributed by atoms with E-state index in [0.717, 1.165) is 17.2 Å². The van der Waals surface area contributed by atoms with Gasteiger partial charge in [0.05, 0.1) is 0 Å². The Kier molecular flexibility index (Phi) is 4.79. The van der Waals surface area contributed by atoms with Crippen molar-refractivity contribution in [3.63, 3.8) is 0 Å². The van der Waals surface area contributed by atoms with Crippen molar-refractivity contribution in [2.75, 3.05) is 10.6 Å². The van der Waals surface area contributed by atoms with Gasteiger partial charge in [-0.25, -0.2) is 4.98 Å². The fraction of sp³-hybridized carbons (Fsp3) is 0.474. The third kappa shape index (κ3) is 4.21. The van der Waals surface area contributed by atoms with Crippen molar-refractivity contribution in [1.82, 2.24) is 9.97 Å². The Morgan fingerprint density at radius 1 is 1.04 bits per heavy atom. The van der Waals surface area contributed by atoms with Crippen LogP contribution in [0.15, 0.2) is 30.3 Å². The minimum Gasteiger partial charge on any atom is -0.367 e. The van der Waals surface area contributed by atoms with Crippen LogP contribution >= 0.6 is 0 Å². The number of hydrogen-bond acceptors (Lipinski definition) is 4. The second-order valence-corrected chi connectivity index (χ2v) is 6.75. The van der Waals surface area contributed by atoms with Crippen molar-refractivity contribution in [2.45, 2.75) is 58.4 Å². The number of benzene rings is 1. The second-order valence-electron chi connectivity index (χ2n) is 6.75. The summed E-state index contributed by atoms with van der Waals surface area (Å²) < 4.78 is 0. The topological polar surface area (TPSA) is 49.8 Å². The molecule has 0 amide bonds. The first kappa shape index (κ1) is 15.8. The van der Waals surface area contributed by atoms with Crippen molar-refractivity contribution >= 4 is 17.5 Å². The summed E-state index contributed by atoms with van der Waals surface area (Å²) in [5.74, 6) is 2.12. The smallest absolute Gasteiger partial charge is 0.229 e. The fourth-order valence-electron chi connectivity index (χ4n) is 3.06. The van der Waals surface area contributed by atoms with Gasteiger partial charge in [0.25, 0.3) is 0 Å². The molecule has 4 nitrogen and oxygen atoms in total. The molecule has 1 heterocycles. The van der Waals surface area contributed by atoms with Crippen molar-refractivity contribution < 1.29 is 0 Å². The van der Waals surface area contributed by atoms with E-state index in [1.54, 1.807) is 0 Å². The van der Waals surface area contributed by atoms with Crippen LogP contribution in [-0.4, -0.2) is 16.0 Å². The van der Waals surface area contributed by atoms with Gasteiger partial charge in [-0.2, -0.15) is 4.98 Å². The maximum absolute atomic E-state index is 4.62. The quantitative estimate of drug-likeness (QED) is 0.815. The van der Waals surface area contributed by atoms with Gasteiger partial charge in [-0.05, 0) is 43.4 Å². The average molecular weight is 310 g/mol. The highest BCUT2D eigenvalue weighted by molar-refractivity contribution is 5.56. The highest BCUT2D eigenvalue weighted by Crippen LogP contribution is 2.23. The van der Waals surface area contributed by atoms with Gasteiger partial charge in [0.1, 0.15) is 5.82 Å². The van der Waals surface area contributed by atoms with E-state index >= 15 is 0 Å². The number of aryl methyl sites for hydroxylation is 1. The normalized spacial score (nSPS) is 15.1. The lowest BCUT2D eigenvalue weighted by Crippen LogP contribution is -2.16. The van der Waals surface area contributed by atoms with E-state index in [4.69, 9.17) is 0 Å². The van der Waals surface area contributed by atoms with Crippen molar-refractivity contribution in [3.05, 3.63) is 41.6 Å². The molecule has 4 heteroatoms. The zero-order valence-electron chi connectivity index (χ0n) is 14.3. The molecule has 1 aromatic heterocycles. The molecule has 1 saturated carbocycles. The standard InChI is InChI=1S/C19H26N4/c1-13(2)15-8-10-17(11-9-15)22-19-20-14(3)12-18(23-19)21-16-6-4-5-7-16/h8-13,16H,4-7H2,1-3H3,(H2,20,21,22,23). The summed E-state index contributed by atoms with van der Waals surface area (Å²) >= 11 is 0. The molecule has 0 spiro atoms. The SMILES string of the molecule is Cc1cc(NC2CCCC2)nc(Nc2ccc(C(C)C)cc2)n1. The van der Waals surface area contributed by atoms with Crippen molar-refractivity contribution in [2.24, 2.45) is 0 Å². The highest BCUT2D eigenvalue weighted by Gasteiger charge is 2.15. The summed E-state index contributed by atoms with van der Waals surface area (Å²) in [6.45, 7) is 6.41. The van der Waals surface area contributed by atoms with E-state index < -0.39 is 0 Å². The molecule has 3 rings (SSSR count). The molecular weight excluding hydrogens is 284 g/mol. The lowest BCUT2D eigenvalue weighted by Gasteiger charge is -2.14. The third-order valence-electron chi connectivity index (χ3n) is 4.39. The zero-order valence-corrected chi connectivity index (χ0v) is 14.3. The maximum atomic E-state index is 4.62. The Labute approximate surface area is 138 Å². The number of nitrogens with one attached hydrogen (secondary N) is 2. The Hall–Kier alpha value is -2.10. The van der Waals surface area contributed by atoms with Gasteiger partial charge in [-0.15, -0.1) is 0 Å².